The van der Waals surface area contributed by atoms with Crippen molar-refractivity contribution in [1.82, 2.24) is 15.5 Å². The molecule has 4 atom stereocenters. The first-order chi connectivity index (χ1) is 22.7. The second kappa shape index (κ2) is 14.5. The smallest absolute Gasteiger partial charge is 0.245 e. The first-order valence-electron chi connectivity index (χ1n) is 17.5. The van der Waals surface area contributed by atoms with Crippen molar-refractivity contribution in [2.24, 2.45) is 0 Å². The van der Waals surface area contributed by atoms with Gasteiger partial charge in [0.1, 0.15) is 17.2 Å². The molecule has 48 heavy (non-hydrogen) atoms. The maximum absolute atomic E-state index is 13.1. The summed E-state index contributed by atoms with van der Waals surface area (Å²) < 4.78 is 12.5. The predicted octanol–water partition coefficient (Wildman–Crippen LogP) is 3.24. The number of rotatable bonds is 13. The summed E-state index contributed by atoms with van der Waals surface area (Å²) >= 11 is 0. The van der Waals surface area contributed by atoms with Gasteiger partial charge in [-0.3, -0.25) is 9.59 Å². The zero-order valence-corrected chi connectivity index (χ0v) is 29.3. The van der Waals surface area contributed by atoms with E-state index >= 15 is 0 Å². The van der Waals surface area contributed by atoms with E-state index < -0.39 is 34.7 Å². The average molecular weight is 666 g/mol. The Morgan fingerprint density at radius 3 is 2.38 bits per heavy atom. The molecule has 0 spiro atoms. The van der Waals surface area contributed by atoms with Crippen LogP contribution in [0.15, 0.2) is 42.5 Å². The number of carbonyl (C=O) groups is 2. The van der Waals surface area contributed by atoms with E-state index in [2.05, 4.69) is 34.9 Å². The Hall–Kier alpha value is -2.86. The van der Waals surface area contributed by atoms with Crippen LogP contribution in [-0.4, -0.2) is 94.8 Å². The second-order valence-electron chi connectivity index (χ2n) is 15.1. The molecule has 264 valence electrons. The molecule has 3 aliphatic rings. The molecule has 0 unspecified atom stereocenters. The van der Waals surface area contributed by atoms with Crippen LogP contribution in [0.2, 0.25) is 0 Å². The van der Waals surface area contributed by atoms with E-state index in [0.29, 0.717) is 44.2 Å². The summed E-state index contributed by atoms with van der Waals surface area (Å²) in [4.78, 5) is 28.2. The molecule has 2 aliphatic heterocycles. The van der Waals surface area contributed by atoms with Crippen LogP contribution < -0.4 is 10.6 Å². The van der Waals surface area contributed by atoms with Gasteiger partial charge in [0, 0.05) is 31.5 Å². The number of aryl methyl sites for hydroxylation is 2. The average Bonchev–Trinajstić information content (AvgIpc) is 3.40. The predicted molar refractivity (Wildman–Crippen MR) is 183 cm³/mol. The zero-order chi connectivity index (χ0) is 34.7. The molecule has 3 fully saturated rings. The molecule has 0 aromatic heterocycles. The molecule has 5 N–H and O–H groups in total. The monoisotopic (exact) mass is 665 g/mol. The number of aliphatic hydroxyl groups excluding tert-OH is 2. The minimum atomic E-state index is -1.57. The van der Waals surface area contributed by atoms with E-state index in [9.17, 15) is 24.9 Å². The van der Waals surface area contributed by atoms with Gasteiger partial charge in [0.15, 0.2) is 0 Å². The molecule has 2 aromatic rings. The molecule has 2 aromatic carbocycles. The quantitative estimate of drug-likeness (QED) is 0.220. The van der Waals surface area contributed by atoms with Crippen LogP contribution in [-0.2, 0) is 37.7 Å². The summed E-state index contributed by atoms with van der Waals surface area (Å²) in [6.45, 7) is 6.68. The van der Waals surface area contributed by atoms with Crippen LogP contribution >= 0.6 is 0 Å². The highest BCUT2D eigenvalue weighted by Crippen LogP contribution is 2.53. The highest BCUT2D eigenvalue weighted by Gasteiger charge is 2.67. The van der Waals surface area contributed by atoms with Crippen molar-refractivity contribution in [3.8, 4) is 0 Å². The summed E-state index contributed by atoms with van der Waals surface area (Å²) in [5.41, 5.74) is 1.74. The minimum Gasteiger partial charge on any atom is -0.390 e. The fraction of sp³-hybridized carbons (Fsp3) is 0.632. The number of nitrogens with one attached hydrogen (secondary N) is 2. The van der Waals surface area contributed by atoms with Crippen molar-refractivity contribution in [3.05, 3.63) is 70.3 Å². The lowest BCUT2D eigenvalue weighted by molar-refractivity contribution is -0.319. The molecule has 1 saturated carbocycles. The molecule has 2 saturated heterocycles. The van der Waals surface area contributed by atoms with Crippen molar-refractivity contribution >= 4 is 11.8 Å². The number of carbonyl (C=O) groups excluding carboxylic acids is 2. The van der Waals surface area contributed by atoms with Crippen LogP contribution in [0.25, 0.3) is 0 Å². The van der Waals surface area contributed by atoms with Crippen LogP contribution in [0.5, 0.6) is 0 Å². The van der Waals surface area contributed by atoms with Gasteiger partial charge in [0.25, 0.3) is 0 Å². The lowest BCUT2D eigenvalue weighted by Crippen LogP contribution is -2.62. The van der Waals surface area contributed by atoms with Gasteiger partial charge in [0.2, 0.25) is 17.6 Å². The third-order valence-electron chi connectivity index (χ3n) is 10.7. The van der Waals surface area contributed by atoms with Gasteiger partial charge in [0.05, 0.1) is 18.3 Å². The number of fused-ring (bicyclic) bond motifs is 2. The Labute approximate surface area is 285 Å². The third-order valence-corrected chi connectivity index (χ3v) is 10.7. The van der Waals surface area contributed by atoms with Crippen LogP contribution in [0.4, 0.5) is 0 Å². The van der Waals surface area contributed by atoms with E-state index in [4.69, 9.17) is 9.47 Å². The van der Waals surface area contributed by atoms with E-state index in [1.807, 2.05) is 44.1 Å². The van der Waals surface area contributed by atoms with Crippen molar-refractivity contribution in [2.45, 2.75) is 120 Å². The van der Waals surface area contributed by atoms with Crippen LogP contribution in [0.1, 0.15) is 93.0 Å². The van der Waals surface area contributed by atoms with Crippen molar-refractivity contribution in [3.63, 3.8) is 0 Å². The highest BCUT2D eigenvalue weighted by atomic mass is 16.8. The zero-order valence-electron chi connectivity index (χ0n) is 29.3. The van der Waals surface area contributed by atoms with Crippen molar-refractivity contribution in [2.75, 3.05) is 33.8 Å². The van der Waals surface area contributed by atoms with E-state index in [0.717, 1.165) is 54.5 Å². The molecule has 2 bridgehead atoms. The number of hydrogen-bond acceptors (Lipinski definition) is 8. The number of hydrogen-bond donors (Lipinski definition) is 5. The van der Waals surface area contributed by atoms with E-state index in [1.165, 1.54) is 0 Å². The SMILES string of the molecule is Cc1ccc([C@@]23OC[C@@](C(C)(C)O)(C[C@H](O)[C@H]2O)O3)cc1Cc1ccc(CCCC(=O)NC2(C(=O)NCCN(C)C)CCCCC2)cc1. The maximum atomic E-state index is 13.1. The number of amides is 2. The Morgan fingerprint density at radius 2 is 1.71 bits per heavy atom. The van der Waals surface area contributed by atoms with Crippen LogP contribution in [0.3, 0.4) is 0 Å². The Morgan fingerprint density at radius 1 is 1.02 bits per heavy atom. The van der Waals surface area contributed by atoms with E-state index in [-0.39, 0.29) is 24.8 Å². The molecule has 10 heteroatoms. The first-order valence-corrected chi connectivity index (χ1v) is 17.5. The Balaban J connectivity index is 1.18. The number of ether oxygens (including phenoxy) is 2. The summed E-state index contributed by atoms with van der Waals surface area (Å²) in [5.74, 6) is -1.70. The fourth-order valence-electron chi connectivity index (χ4n) is 7.42. The number of likely N-dealkylation sites (N-methyl/N-ethyl adjacent to an activating group) is 1. The molecule has 2 amide bonds. The summed E-state index contributed by atoms with van der Waals surface area (Å²) in [6, 6.07) is 14.2. The van der Waals surface area contributed by atoms with Gasteiger partial charge in [-0.15, -0.1) is 0 Å². The molecular weight excluding hydrogens is 610 g/mol. The number of nitrogens with zero attached hydrogens (tertiary/aromatic N) is 1. The van der Waals surface area contributed by atoms with Gasteiger partial charge >= 0.3 is 0 Å². The van der Waals surface area contributed by atoms with Crippen molar-refractivity contribution < 1.29 is 34.4 Å². The highest BCUT2D eigenvalue weighted by molar-refractivity contribution is 5.91. The normalized spacial score (nSPS) is 26.8. The van der Waals surface area contributed by atoms with Gasteiger partial charge in [-0.25, -0.2) is 0 Å². The minimum absolute atomic E-state index is 0.0597. The lowest BCUT2D eigenvalue weighted by Gasteiger charge is -2.48. The lowest BCUT2D eigenvalue weighted by atomic mass is 9.77. The summed E-state index contributed by atoms with van der Waals surface area (Å²) in [7, 11) is 3.94. The fourth-order valence-corrected chi connectivity index (χ4v) is 7.42. The molecule has 1 aliphatic carbocycles. The van der Waals surface area contributed by atoms with Gasteiger partial charge in [-0.2, -0.15) is 0 Å². The first kappa shape index (κ1) is 36.4. The topological polar surface area (TPSA) is 141 Å². The molecule has 0 radical (unpaired) electrons. The number of benzene rings is 2. The van der Waals surface area contributed by atoms with E-state index in [1.54, 1.807) is 13.8 Å². The molecule has 10 nitrogen and oxygen atoms in total. The largest absolute Gasteiger partial charge is 0.390 e. The van der Waals surface area contributed by atoms with Crippen molar-refractivity contribution in [1.29, 1.82) is 0 Å². The standard InChI is InChI=1S/C38H55N3O7/c1-26-12-17-30(38-33(44)31(42)24-37(48-38,25-47-38)35(2,3)46)23-29(26)22-28-15-13-27(14-16-28)10-9-11-32(43)40-36(18-7-6-8-19-36)34(45)39-20-21-41(4)5/h12-17,23,31,33,42,44,46H,6-11,18-22,24-25H2,1-5H3,(H,39,45)(H,40,43)/t31-,33+,37+,38-/m0/s1. The Kier molecular flexibility index (Phi) is 11.0. The third kappa shape index (κ3) is 7.64. The maximum Gasteiger partial charge on any atom is 0.245 e. The summed E-state index contributed by atoms with van der Waals surface area (Å²) in [6.07, 6.45) is 4.44. The van der Waals surface area contributed by atoms with Gasteiger partial charge in [-0.05, 0) is 95.3 Å². The van der Waals surface area contributed by atoms with Gasteiger partial charge in [-0.1, -0.05) is 55.7 Å². The summed E-state index contributed by atoms with van der Waals surface area (Å²) in [5, 5.41) is 38.9. The van der Waals surface area contributed by atoms with Crippen LogP contribution in [0, 0.1) is 6.92 Å². The molecule has 2 heterocycles. The molecule has 5 rings (SSSR count). The Bertz CT molecular complexity index is 1430. The second-order valence-corrected chi connectivity index (χ2v) is 15.1. The van der Waals surface area contributed by atoms with Gasteiger partial charge < -0.3 is 40.3 Å². The number of aliphatic hydroxyl groups is 3. The molecular formula is C38H55N3O7.